The van der Waals surface area contributed by atoms with E-state index < -0.39 is 11.4 Å². The molecule has 2 N–H and O–H groups in total. The van der Waals surface area contributed by atoms with Gasteiger partial charge in [-0.15, -0.1) is 0 Å². The molecule has 2 heterocycles. The Bertz CT molecular complexity index is 422. The molecule has 2 aliphatic rings. The summed E-state index contributed by atoms with van der Waals surface area (Å²) in [4.78, 5) is 28.2. The zero-order valence-corrected chi connectivity index (χ0v) is 8.30. The molecule has 0 bridgehead atoms. The van der Waals surface area contributed by atoms with Crippen LogP contribution in [-0.4, -0.2) is 28.1 Å². The molecule has 0 radical (unpaired) electrons. The zero-order valence-electron chi connectivity index (χ0n) is 8.30. The maximum Gasteiger partial charge on any atom is 0.250 e. The van der Waals surface area contributed by atoms with Crippen molar-refractivity contribution >= 4 is 17.6 Å². The Hall–Kier alpha value is -1.91. The summed E-state index contributed by atoms with van der Waals surface area (Å²) in [5.74, 6) is -0.374. The van der Waals surface area contributed by atoms with Crippen LogP contribution in [0.3, 0.4) is 0 Å². The van der Waals surface area contributed by atoms with E-state index in [1.807, 2.05) is 0 Å². The van der Waals surface area contributed by atoms with Crippen LogP contribution in [-0.2, 0) is 9.59 Å². The minimum atomic E-state index is -1.00. The summed E-state index contributed by atoms with van der Waals surface area (Å²) < 4.78 is 0. The molecule has 0 aromatic rings. The third-order valence-electron chi connectivity index (χ3n) is 2.64. The number of amidine groups is 1. The number of hydrogen-bond donors (Lipinski definition) is 1. The molecule has 5 nitrogen and oxygen atoms in total. The zero-order chi connectivity index (χ0) is 11.1. The molecule has 0 aromatic carbocycles. The largest absolute Gasteiger partial charge is 0.368 e. The minimum Gasteiger partial charge on any atom is -0.368 e. The molecule has 0 saturated heterocycles. The number of nitrogens with zero attached hydrogens (tertiary/aromatic N) is 2. The van der Waals surface area contributed by atoms with Crippen LogP contribution in [0.2, 0.25) is 0 Å². The lowest BCUT2D eigenvalue weighted by atomic mass is 9.92. The summed E-state index contributed by atoms with van der Waals surface area (Å²) in [5.41, 5.74) is 4.32. The molecule has 15 heavy (non-hydrogen) atoms. The summed E-state index contributed by atoms with van der Waals surface area (Å²) in [6.45, 7) is 1.64. The first kappa shape index (κ1) is 9.64. The van der Waals surface area contributed by atoms with E-state index >= 15 is 0 Å². The van der Waals surface area contributed by atoms with Crippen molar-refractivity contribution in [1.82, 2.24) is 4.90 Å². The van der Waals surface area contributed by atoms with Crippen molar-refractivity contribution in [3.8, 4) is 0 Å². The predicted octanol–water partition coefficient (Wildman–Crippen LogP) is -0.0553. The second kappa shape index (κ2) is 3.05. The fourth-order valence-electron chi connectivity index (χ4n) is 1.70. The van der Waals surface area contributed by atoms with E-state index in [1.54, 1.807) is 36.3 Å². The Balaban J connectivity index is 2.50. The highest BCUT2D eigenvalue weighted by molar-refractivity contribution is 6.09. The smallest absolute Gasteiger partial charge is 0.250 e. The molecule has 0 spiro atoms. The molecule has 0 aromatic heterocycles. The van der Waals surface area contributed by atoms with E-state index in [4.69, 9.17) is 5.73 Å². The maximum atomic E-state index is 11.4. The van der Waals surface area contributed by atoms with Gasteiger partial charge < -0.3 is 10.6 Å². The molecular weight excluding hydrogens is 194 g/mol. The predicted molar refractivity (Wildman–Crippen MR) is 54.8 cm³/mol. The number of allylic oxidation sites excluding steroid dienone is 2. The number of rotatable bonds is 1. The monoisotopic (exact) mass is 205 g/mol. The molecule has 78 valence electrons. The Morgan fingerprint density at radius 2 is 2.33 bits per heavy atom. The van der Waals surface area contributed by atoms with Gasteiger partial charge in [0.2, 0.25) is 5.91 Å². The summed E-state index contributed by atoms with van der Waals surface area (Å²) >= 11 is 0. The van der Waals surface area contributed by atoms with Gasteiger partial charge >= 0.3 is 0 Å². The topological polar surface area (TPSA) is 75.8 Å². The minimum absolute atomic E-state index is 0.0179. The Labute approximate surface area is 87.0 Å². The highest BCUT2D eigenvalue weighted by atomic mass is 16.2. The van der Waals surface area contributed by atoms with Gasteiger partial charge in [0.25, 0.3) is 5.91 Å². The normalized spacial score (nSPS) is 28.7. The van der Waals surface area contributed by atoms with E-state index in [9.17, 15) is 9.59 Å². The number of carbonyl (C=O) groups excluding carboxylic acids is 2. The third-order valence-corrected chi connectivity index (χ3v) is 2.64. The number of nitrogens with two attached hydrogens (primary N) is 1. The van der Waals surface area contributed by atoms with E-state index in [2.05, 4.69) is 4.99 Å². The quantitative estimate of drug-likeness (QED) is 0.651. The van der Waals surface area contributed by atoms with E-state index in [0.717, 1.165) is 0 Å². The number of fused-ring (bicyclic) bond motifs is 1. The van der Waals surface area contributed by atoms with Gasteiger partial charge in [0.1, 0.15) is 11.4 Å². The first-order valence-corrected chi connectivity index (χ1v) is 4.60. The van der Waals surface area contributed by atoms with Crippen LogP contribution < -0.4 is 5.73 Å². The number of hydrogen-bond acceptors (Lipinski definition) is 3. The Morgan fingerprint density at radius 3 is 3.00 bits per heavy atom. The van der Waals surface area contributed by atoms with Gasteiger partial charge in [-0.25, -0.2) is 0 Å². The van der Waals surface area contributed by atoms with E-state index in [1.165, 1.54) is 0 Å². The number of amides is 2. The summed E-state index contributed by atoms with van der Waals surface area (Å²) in [6.07, 6.45) is 6.93. The lowest BCUT2D eigenvalue weighted by Crippen LogP contribution is -2.58. The molecule has 5 heteroatoms. The molecule has 2 amide bonds. The van der Waals surface area contributed by atoms with Crippen LogP contribution in [0.4, 0.5) is 0 Å². The van der Waals surface area contributed by atoms with Gasteiger partial charge in [-0.05, 0) is 19.1 Å². The van der Waals surface area contributed by atoms with Crippen LogP contribution in [0.5, 0.6) is 0 Å². The molecule has 1 unspecified atom stereocenters. The second-order valence-electron chi connectivity index (χ2n) is 3.75. The average molecular weight is 205 g/mol. The molecule has 2 aliphatic heterocycles. The molecular formula is C10H11N3O2. The highest BCUT2D eigenvalue weighted by Gasteiger charge is 2.43. The molecule has 1 atom stereocenters. The summed E-state index contributed by atoms with van der Waals surface area (Å²) in [6, 6.07) is 0. The van der Waals surface area contributed by atoms with Crippen LogP contribution in [0.25, 0.3) is 0 Å². The number of carbonyl (C=O) groups is 2. The Morgan fingerprint density at radius 1 is 1.60 bits per heavy atom. The van der Waals surface area contributed by atoms with Crippen molar-refractivity contribution < 1.29 is 9.59 Å². The van der Waals surface area contributed by atoms with Crippen molar-refractivity contribution in [2.24, 2.45) is 10.7 Å². The van der Waals surface area contributed by atoms with E-state index in [-0.39, 0.29) is 12.3 Å². The highest BCUT2D eigenvalue weighted by Crippen LogP contribution is 2.27. The fourth-order valence-corrected chi connectivity index (χ4v) is 1.70. The van der Waals surface area contributed by atoms with Gasteiger partial charge in [0.05, 0.1) is 6.42 Å². The second-order valence-corrected chi connectivity index (χ2v) is 3.75. The first-order chi connectivity index (χ1) is 7.04. The summed E-state index contributed by atoms with van der Waals surface area (Å²) in [5, 5.41) is 0. The lowest BCUT2D eigenvalue weighted by molar-refractivity contribution is -0.132. The molecule has 0 fully saturated rings. The Kier molecular flexibility index (Phi) is 1.96. The van der Waals surface area contributed by atoms with Gasteiger partial charge in [-0.3, -0.25) is 9.59 Å². The fraction of sp³-hybridized carbons (Fsp3) is 0.300. The third kappa shape index (κ3) is 1.36. The van der Waals surface area contributed by atoms with Crippen LogP contribution in [0.15, 0.2) is 29.4 Å². The summed E-state index contributed by atoms with van der Waals surface area (Å²) in [7, 11) is 0. The van der Waals surface area contributed by atoms with Crippen molar-refractivity contribution in [3.05, 3.63) is 24.4 Å². The van der Waals surface area contributed by atoms with Gasteiger partial charge in [-0.1, -0.05) is 6.08 Å². The van der Waals surface area contributed by atoms with Gasteiger partial charge in [-0.2, -0.15) is 4.99 Å². The first-order valence-electron chi connectivity index (χ1n) is 4.60. The maximum absolute atomic E-state index is 11.4. The van der Waals surface area contributed by atoms with Crippen molar-refractivity contribution in [3.63, 3.8) is 0 Å². The van der Waals surface area contributed by atoms with Crippen molar-refractivity contribution in [2.45, 2.75) is 18.9 Å². The average Bonchev–Trinajstić information content (AvgIpc) is 2.17. The van der Waals surface area contributed by atoms with E-state index in [0.29, 0.717) is 5.84 Å². The van der Waals surface area contributed by atoms with Crippen molar-refractivity contribution in [1.29, 1.82) is 0 Å². The SMILES string of the molecule is CC1(C(N)=O)CC(=O)N=C2C=CC=CN21. The number of aliphatic imine (C=N–C) groups is 1. The molecule has 0 aliphatic carbocycles. The van der Waals surface area contributed by atoms with Crippen LogP contribution >= 0.6 is 0 Å². The van der Waals surface area contributed by atoms with Crippen LogP contribution in [0.1, 0.15) is 13.3 Å². The van der Waals surface area contributed by atoms with Gasteiger partial charge in [0, 0.05) is 6.20 Å². The van der Waals surface area contributed by atoms with Gasteiger partial charge in [0.15, 0.2) is 0 Å². The lowest BCUT2D eigenvalue weighted by Gasteiger charge is -2.40. The van der Waals surface area contributed by atoms with Crippen molar-refractivity contribution in [2.75, 3.05) is 0 Å². The molecule has 0 saturated carbocycles. The standard InChI is InChI=1S/C10H11N3O2/c1-10(9(11)15)6-8(14)12-7-4-2-3-5-13(7)10/h2-5H,6H2,1H3,(H2,11,15). The van der Waals surface area contributed by atoms with Crippen LogP contribution in [0, 0.1) is 0 Å². The number of primary amides is 1. The molecule has 2 rings (SSSR count).